The van der Waals surface area contributed by atoms with Crippen molar-refractivity contribution in [3.05, 3.63) is 42.5 Å². The van der Waals surface area contributed by atoms with Crippen LogP contribution in [0.25, 0.3) is 22.2 Å². The zero-order valence-corrected chi connectivity index (χ0v) is 19.2. The first-order valence-corrected chi connectivity index (χ1v) is 11.2. The third-order valence-corrected chi connectivity index (χ3v) is 5.67. The van der Waals surface area contributed by atoms with E-state index in [2.05, 4.69) is 46.8 Å². The molecule has 3 N–H and O–H groups in total. The first kappa shape index (κ1) is 22.0. The Morgan fingerprint density at radius 1 is 1.06 bits per heavy atom. The molecule has 1 saturated heterocycles. The van der Waals surface area contributed by atoms with Gasteiger partial charge < -0.3 is 24.7 Å². The van der Waals surface area contributed by atoms with Crippen molar-refractivity contribution in [2.45, 2.75) is 39.8 Å². The van der Waals surface area contributed by atoms with Gasteiger partial charge in [-0.3, -0.25) is 5.32 Å². The molecule has 0 spiro atoms. The minimum atomic E-state index is -0.459. The second kappa shape index (κ2) is 9.12. The molecule has 3 aromatic rings. The predicted molar refractivity (Wildman–Crippen MR) is 130 cm³/mol. The molecule has 0 saturated carbocycles. The molecule has 0 aliphatic carbocycles. The Balaban J connectivity index is 1.71. The van der Waals surface area contributed by atoms with Crippen LogP contribution in [0.5, 0.6) is 0 Å². The van der Waals surface area contributed by atoms with Crippen LogP contribution in [0, 0.1) is 0 Å². The number of carbonyl (C=O) groups is 1. The number of nitrogens with zero attached hydrogens (tertiary/aromatic N) is 2. The third-order valence-electron chi connectivity index (χ3n) is 5.67. The van der Waals surface area contributed by atoms with Crippen molar-refractivity contribution >= 4 is 34.1 Å². The summed E-state index contributed by atoms with van der Waals surface area (Å²) in [5.74, 6) is 0. The van der Waals surface area contributed by atoms with Gasteiger partial charge >= 0.3 is 6.09 Å². The first-order chi connectivity index (χ1) is 15.3. The maximum atomic E-state index is 11.9. The van der Waals surface area contributed by atoms with Gasteiger partial charge in [0.05, 0.1) is 36.2 Å². The van der Waals surface area contributed by atoms with E-state index in [0.717, 1.165) is 54.2 Å². The van der Waals surface area contributed by atoms with E-state index in [0.29, 0.717) is 5.69 Å². The van der Waals surface area contributed by atoms with Crippen LogP contribution in [-0.4, -0.2) is 43.1 Å². The molecule has 1 amide bonds. The van der Waals surface area contributed by atoms with Crippen LogP contribution in [0.15, 0.2) is 42.5 Å². The van der Waals surface area contributed by atoms with E-state index >= 15 is 0 Å². The predicted octanol–water partition coefficient (Wildman–Crippen LogP) is 5.26. The van der Waals surface area contributed by atoms with E-state index in [4.69, 9.17) is 15.2 Å². The number of hydrogen-bond donors (Lipinski definition) is 2. The van der Waals surface area contributed by atoms with Gasteiger partial charge in [-0.15, -0.1) is 0 Å². The lowest BCUT2D eigenvalue weighted by Gasteiger charge is -2.29. The summed E-state index contributed by atoms with van der Waals surface area (Å²) < 4.78 is 13.0. The molecule has 4 rings (SSSR count). The molecule has 0 atom stereocenters. The summed E-state index contributed by atoms with van der Waals surface area (Å²) in [5.41, 5.74) is 12.4. The number of rotatable bonds is 5. The van der Waals surface area contributed by atoms with Gasteiger partial charge in [0.15, 0.2) is 0 Å². The van der Waals surface area contributed by atoms with Crippen molar-refractivity contribution in [2.24, 2.45) is 0 Å². The van der Waals surface area contributed by atoms with Gasteiger partial charge in [-0.1, -0.05) is 12.1 Å². The van der Waals surface area contributed by atoms with E-state index in [1.165, 1.54) is 5.69 Å². The van der Waals surface area contributed by atoms with Gasteiger partial charge in [-0.2, -0.15) is 0 Å². The maximum Gasteiger partial charge on any atom is 0.411 e. The molecule has 7 heteroatoms. The molecule has 1 aromatic heterocycles. The molecule has 1 aliphatic heterocycles. The molecule has 1 fully saturated rings. The van der Waals surface area contributed by atoms with Gasteiger partial charge in [0.25, 0.3) is 0 Å². The molecule has 32 heavy (non-hydrogen) atoms. The lowest BCUT2D eigenvalue weighted by atomic mass is 10.1. The molecule has 2 aromatic carbocycles. The van der Waals surface area contributed by atoms with Crippen LogP contribution < -0.4 is 16.0 Å². The zero-order valence-electron chi connectivity index (χ0n) is 19.2. The molecule has 0 unspecified atom stereocenters. The highest BCUT2D eigenvalue weighted by atomic mass is 16.6. The number of nitrogens with one attached hydrogen (secondary N) is 1. The highest BCUT2D eigenvalue weighted by Gasteiger charge is 2.20. The number of aromatic nitrogens is 1. The fourth-order valence-corrected chi connectivity index (χ4v) is 4.25. The second-order valence-corrected chi connectivity index (χ2v) is 8.68. The zero-order chi connectivity index (χ0) is 22.8. The highest BCUT2D eigenvalue weighted by Crippen LogP contribution is 2.40. The van der Waals surface area contributed by atoms with Crippen LogP contribution >= 0.6 is 0 Å². The molecule has 7 nitrogen and oxygen atoms in total. The second-order valence-electron chi connectivity index (χ2n) is 8.68. The number of fused-ring (bicyclic) bond motifs is 1. The minimum absolute atomic E-state index is 0.168. The van der Waals surface area contributed by atoms with Crippen LogP contribution in [0.3, 0.4) is 0 Å². The Hall–Kier alpha value is -3.19. The van der Waals surface area contributed by atoms with Gasteiger partial charge in [0, 0.05) is 41.5 Å². The summed E-state index contributed by atoms with van der Waals surface area (Å²) in [7, 11) is 0. The average molecular weight is 437 g/mol. The summed E-state index contributed by atoms with van der Waals surface area (Å²) >= 11 is 0. The standard InChI is InChI=1S/C25H32N4O3/c1-16(2)29-22-15-20(28-11-13-31-14-12-28)9-10-21(22)23(26)24(29)18-5-7-19(8-6-18)27-25(30)32-17(3)4/h5-10,15-17H,11-14,26H2,1-4H3,(H,27,30). The Bertz CT molecular complexity index is 1100. The number of morpholine rings is 1. The Morgan fingerprint density at radius 2 is 1.75 bits per heavy atom. The van der Waals surface area contributed by atoms with E-state index < -0.39 is 6.09 Å². The third kappa shape index (κ3) is 4.39. The van der Waals surface area contributed by atoms with E-state index in [9.17, 15) is 4.79 Å². The lowest BCUT2D eigenvalue weighted by Crippen LogP contribution is -2.36. The van der Waals surface area contributed by atoms with Crippen molar-refractivity contribution in [3.8, 4) is 11.3 Å². The smallest absolute Gasteiger partial charge is 0.411 e. The van der Waals surface area contributed by atoms with E-state index in [-0.39, 0.29) is 12.1 Å². The van der Waals surface area contributed by atoms with Crippen molar-refractivity contribution in [1.82, 2.24) is 4.57 Å². The average Bonchev–Trinajstić information content (AvgIpc) is 3.06. The van der Waals surface area contributed by atoms with Crippen LogP contribution in [0.4, 0.5) is 21.9 Å². The number of nitrogen functional groups attached to an aromatic ring is 1. The fraction of sp³-hybridized carbons (Fsp3) is 0.400. The SMILES string of the molecule is CC(C)OC(=O)Nc1ccc(-c2c(N)c3ccc(N4CCOCC4)cc3n2C(C)C)cc1. The van der Waals surface area contributed by atoms with Crippen molar-refractivity contribution in [3.63, 3.8) is 0 Å². The van der Waals surface area contributed by atoms with Crippen LogP contribution in [0.2, 0.25) is 0 Å². The summed E-state index contributed by atoms with van der Waals surface area (Å²) in [6, 6.07) is 14.4. The van der Waals surface area contributed by atoms with E-state index in [1.807, 2.05) is 38.1 Å². The molecular formula is C25H32N4O3. The summed E-state index contributed by atoms with van der Waals surface area (Å²) in [6.45, 7) is 11.3. The lowest BCUT2D eigenvalue weighted by molar-refractivity contribution is 0.122. The Kier molecular flexibility index (Phi) is 6.28. The van der Waals surface area contributed by atoms with E-state index in [1.54, 1.807) is 0 Å². The summed E-state index contributed by atoms with van der Waals surface area (Å²) in [6.07, 6.45) is -0.627. The molecule has 0 radical (unpaired) electrons. The quantitative estimate of drug-likeness (QED) is 0.570. The van der Waals surface area contributed by atoms with Crippen LogP contribution in [0.1, 0.15) is 33.7 Å². The van der Waals surface area contributed by atoms with Gasteiger partial charge in [-0.05, 0) is 58.0 Å². The van der Waals surface area contributed by atoms with Crippen LogP contribution in [-0.2, 0) is 9.47 Å². The van der Waals surface area contributed by atoms with Crippen molar-refractivity contribution in [1.29, 1.82) is 0 Å². The molecule has 2 heterocycles. The first-order valence-electron chi connectivity index (χ1n) is 11.2. The molecular weight excluding hydrogens is 404 g/mol. The number of ether oxygens (including phenoxy) is 2. The summed E-state index contributed by atoms with van der Waals surface area (Å²) in [5, 5.41) is 3.81. The van der Waals surface area contributed by atoms with Gasteiger partial charge in [0.2, 0.25) is 0 Å². The molecule has 170 valence electrons. The minimum Gasteiger partial charge on any atom is -0.447 e. The topological polar surface area (TPSA) is 81.8 Å². The number of anilines is 3. The largest absolute Gasteiger partial charge is 0.447 e. The highest BCUT2D eigenvalue weighted by molar-refractivity contribution is 6.02. The number of carbonyl (C=O) groups excluding carboxylic acids is 1. The number of nitrogens with two attached hydrogens (primary N) is 1. The fourth-order valence-electron chi connectivity index (χ4n) is 4.25. The Labute approximate surface area is 189 Å². The van der Waals surface area contributed by atoms with Crippen molar-refractivity contribution < 1.29 is 14.3 Å². The molecule has 0 bridgehead atoms. The summed E-state index contributed by atoms with van der Waals surface area (Å²) in [4.78, 5) is 14.2. The number of benzene rings is 2. The number of hydrogen-bond acceptors (Lipinski definition) is 5. The van der Waals surface area contributed by atoms with Gasteiger partial charge in [-0.25, -0.2) is 4.79 Å². The normalized spacial score (nSPS) is 14.4. The number of amides is 1. The molecule has 1 aliphatic rings. The Morgan fingerprint density at radius 3 is 2.38 bits per heavy atom. The maximum absolute atomic E-state index is 11.9. The van der Waals surface area contributed by atoms with Gasteiger partial charge in [0.1, 0.15) is 0 Å². The monoisotopic (exact) mass is 436 g/mol. The van der Waals surface area contributed by atoms with Crippen molar-refractivity contribution in [2.75, 3.05) is 42.3 Å².